The van der Waals surface area contributed by atoms with Crippen molar-refractivity contribution in [3.63, 3.8) is 0 Å². The maximum absolute atomic E-state index is 12.7. The number of benzene rings is 1. The Morgan fingerprint density at radius 1 is 1.22 bits per heavy atom. The van der Waals surface area contributed by atoms with Gasteiger partial charge in [-0.25, -0.2) is 15.0 Å². The first-order chi connectivity index (χ1) is 13.3. The lowest BCUT2D eigenvalue weighted by Gasteiger charge is -2.35. The van der Waals surface area contributed by atoms with Gasteiger partial charge in [0.1, 0.15) is 5.56 Å². The van der Waals surface area contributed by atoms with Gasteiger partial charge in [-0.05, 0) is 30.9 Å². The summed E-state index contributed by atoms with van der Waals surface area (Å²) in [6.07, 6.45) is 5.48. The summed E-state index contributed by atoms with van der Waals surface area (Å²) in [4.78, 5) is 25.3. The first kappa shape index (κ1) is 15.9. The number of amides is 1. The average molecular weight is 364 g/mol. The number of rotatable bonds is 0. The zero-order chi connectivity index (χ0) is 18.2. The number of carbonyl (C=O) groups excluding carboxylic acids is 1. The number of piperidine rings is 1. The predicted molar refractivity (Wildman–Crippen MR) is 101 cm³/mol. The highest BCUT2D eigenvalue weighted by molar-refractivity contribution is 5.99. The molecule has 4 heterocycles. The fourth-order valence-corrected chi connectivity index (χ4v) is 3.78. The average Bonchev–Trinajstić information content (AvgIpc) is 3.14. The molecule has 1 atom stereocenters. The van der Waals surface area contributed by atoms with Crippen molar-refractivity contribution >= 4 is 23.1 Å². The quantitative estimate of drug-likeness (QED) is 0.636. The normalized spacial score (nSPS) is 19.6. The van der Waals surface area contributed by atoms with Crippen LogP contribution < -0.4 is 20.5 Å². The summed E-state index contributed by atoms with van der Waals surface area (Å²) in [6.45, 7) is 2.49. The van der Waals surface area contributed by atoms with E-state index in [0.29, 0.717) is 29.5 Å². The molecule has 0 spiro atoms. The Bertz CT molecular complexity index is 1000. The number of anilines is 2. The summed E-state index contributed by atoms with van der Waals surface area (Å²) in [6, 6.07) is 9.74. The number of nitrogens with one attached hydrogen (secondary N) is 2. The van der Waals surface area contributed by atoms with E-state index in [1.54, 1.807) is 23.0 Å². The summed E-state index contributed by atoms with van der Waals surface area (Å²) < 4.78 is 1.59. The van der Waals surface area contributed by atoms with E-state index in [9.17, 15) is 4.79 Å². The van der Waals surface area contributed by atoms with Crippen LogP contribution in [-0.4, -0.2) is 40.1 Å². The lowest BCUT2D eigenvalue weighted by molar-refractivity contribution is 0.0947. The molecule has 5 rings (SSSR count). The van der Waals surface area contributed by atoms with E-state index >= 15 is 0 Å². The summed E-state index contributed by atoms with van der Waals surface area (Å²) in [5, 5.41) is 7.28. The van der Waals surface area contributed by atoms with Crippen LogP contribution in [0.1, 0.15) is 23.2 Å². The van der Waals surface area contributed by atoms with Gasteiger partial charge < -0.3 is 15.1 Å². The third-order valence-electron chi connectivity index (χ3n) is 5.16. The Morgan fingerprint density at radius 2 is 2.15 bits per heavy atom. The molecule has 8 heteroatoms. The van der Waals surface area contributed by atoms with Crippen molar-refractivity contribution < 1.29 is 9.63 Å². The molecule has 0 saturated carbocycles. The fourth-order valence-electron chi connectivity index (χ4n) is 3.78. The van der Waals surface area contributed by atoms with Gasteiger partial charge in [0.2, 0.25) is 0 Å². The minimum absolute atomic E-state index is 0.148. The minimum Gasteiger partial charge on any atom is -0.378 e. The van der Waals surface area contributed by atoms with Crippen LogP contribution in [0.3, 0.4) is 0 Å². The van der Waals surface area contributed by atoms with Crippen molar-refractivity contribution in [3.8, 4) is 5.75 Å². The van der Waals surface area contributed by atoms with Gasteiger partial charge in [0.05, 0.1) is 11.9 Å². The maximum Gasteiger partial charge on any atom is 0.256 e. The van der Waals surface area contributed by atoms with Crippen LogP contribution in [0.15, 0.2) is 42.7 Å². The molecule has 2 aliphatic heterocycles. The topological polar surface area (TPSA) is 83.8 Å². The Morgan fingerprint density at radius 3 is 3.11 bits per heavy atom. The summed E-state index contributed by atoms with van der Waals surface area (Å²) in [7, 11) is 0. The number of hydrogen-bond donors (Lipinski definition) is 2. The molecular weight excluding hydrogens is 344 g/mol. The zero-order valence-corrected chi connectivity index (χ0v) is 14.8. The van der Waals surface area contributed by atoms with Crippen LogP contribution >= 0.6 is 0 Å². The van der Waals surface area contributed by atoms with Crippen LogP contribution in [0, 0.1) is 5.92 Å². The van der Waals surface area contributed by atoms with Gasteiger partial charge in [-0.2, -0.15) is 5.10 Å². The van der Waals surface area contributed by atoms with Crippen molar-refractivity contribution in [1.29, 1.82) is 0 Å². The second kappa shape index (κ2) is 6.46. The molecule has 1 saturated heterocycles. The molecule has 1 aromatic carbocycles. The number of nitrogens with zero attached hydrogens (tertiary/aromatic N) is 4. The van der Waals surface area contributed by atoms with Gasteiger partial charge in [0, 0.05) is 31.9 Å². The third-order valence-corrected chi connectivity index (χ3v) is 5.16. The third kappa shape index (κ3) is 2.92. The standard InChI is InChI=1S/C19H20N6O2/c26-19-14-11-21-25-9-7-17(22-18(14)25)23-27-16-6-2-1-5-15(16)24-8-3-4-13(12-24)10-20-19/h1-2,5-7,9,11,13H,3-4,8,10,12H2,(H,20,26)(H,22,23). The Labute approximate surface area is 156 Å². The molecule has 0 radical (unpaired) electrons. The van der Waals surface area contributed by atoms with Gasteiger partial charge in [-0.1, -0.05) is 12.1 Å². The minimum atomic E-state index is -0.148. The number of aromatic nitrogens is 3. The molecule has 1 fully saturated rings. The molecule has 1 unspecified atom stereocenters. The molecule has 27 heavy (non-hydrogen) atoms. The van der Waals surface area contributed by atoms with E-state index in [0.717, 1.165) is 37.4 Å². The Balaban J connectivity index is 1.57. The molecule has 2 aromatic heterocycles. The number of para-hydroxylation sites is 2. The van der Waals surface area contributed by atoms with Gasteiger partial charge in [-0.15, -0.1) is 0 Å². The summed E-state index contributed by atoms with van der Waals surface area (Å²) in [5.74, 6) is 1.51. The maximum atomic E-state index is 12.7. The summed E-state index contributed by atoms with van der Waals surface area (Å²) >= 11 is 0. The molecule has 138 valence electrons. The molecule has 1 amide bonds. The fraction of sp³-hybridized carbons (Fsp3) is 0.316. The van der Waals surface area contributed by atoms with Crippen molar-refractivity contribution in [1.82, 2.24) is 19.9 Å². The van der Waals surface area contributed by atoms with E-state index in [-0.39, 0.29) is 5.91 Å². The van der Waals surface area contributed by atoms with E-state index < -0.39 is 0 Å². The zero-order valence-electron chi connectivity index (χ0n) is 14.8. The number of carbonyl (C=O) groups is 1. The van der Waals surface area contributed by atoms with E-state index in [2.05, 4.69) is 31.8 Å². The van der Waals surface area contributed by atoms with Gasteiger partial charge in [0.15, 0.2) is 17.2 Å². The van der Waals surface area contributed by atoms with Crippen LogP contribution in [0.25, 0.3) is 5.65 Å². The van der Waals surface area contributed by atoms with Gasteiger partial charge in [0.25, 0.3) is 5.91 Å². The van der Waals surface area contributed by atoms with Crippen LogP contribution in [0.4, 0.5) is 11.5 Å². The van der Waals surface area contributed by atoms with E-state index in [4.69, 9.17) is 4.84 Å². The molecular formula is C19H20N6O2. The highest BCUT2D eigenvalue weighted by Crippen LogP contribution is 2.31. The van der Waals surface area contributed by atoms with E-state index in [1.165, 1.54) is 0 Å². The van der Waals surface area contributed by atoms with Gasteiger partial charge in [-0.3, -0.25) is 4.79 Å². The lowest BCUT2D eigenvalue weighted by atomic mass is 9.97. The summed E-state index contributed by atoms with van der Waals surface area (Å²) in [5.41, 5.74) is 4.91. The molecule has 2 N–H and O–H groups in total. The highest BCUT2D eigenvalue weighted by atomic mass is 16.6. The van der Waals surface area contributed by atoms with Gasteiger partial charge >= 0.3 is 0 Å². The molecule has 0 aliphatic carbocycles. The second-order valence-electron chi connectivity index (χ2n) is 6.98. The first-order valence-electron chi connectivity index (χ1n) is 9.17. The predicted octanol–water partition coefficient (Wildman–Crippen LogP) is 2.09. The molecule has 4 bridgehead atoms. The lowest BCUT2D eigenvalue weighted by Crippen LogP contribution is -2.41. The highest BCUT2D eigenvalue weighted by Gasteiger charge is 2.24. The van der Waals surface area contributed by atoms with E-state index in [1.807, 2.05) is 18.2 Å². The van der Waals surface area contributed by atoms with Crippen LogP contribution in [0.5, 0.6) is 5.75 Å². The molecule has 8 nitrogen and oxygen atoms in total. The largest absolute Gasteiger partial charge is 0.378 e. The number of hydrogen-bond acceptors (Lipinski definition) is 6. The molecule has 3 aromatic rings. The molecule has 2 aliphatic rings. The Hall–Kier alpha value is -3.29. The Kier molecular flexibility index (Phi) is 3.81. The first-order valence-corrected chi connectivity index (χ1v) is 9.17. The van der Waals surface area contributed by atoms with Crippen LogP contribution in [0.2, 0.25) is 0 Å². The second-order valence-corrected chi connectivity index (χ2v) is 6.98. The van der Waals surface area contributed by atoms with Crippen molar-refractivity contribution in [3.05, 3.63) is 48.3 Å². The SMILES string of the molecule is O=C1NCC2CCCN(C2)c2ccccc2ONc2ccn3ncc1c3n2. The van der Waals surface area contributed by atoms with Crippen molar-refractivity contribution in [2.45, 2.75) is 12.8 Å². The van der Waals surface area contributed by atoms with Crippen molar-refractivity contribution in [2.75, 3.05) is 30.0 Å². The van der Waals surface area contributed by atoms with Crippen molar-refractivity contribution in [2.24, 2.45) is 5.92 Å². The van der Waals surface area contributed by atoms with Crippen LogP contribution in [-0.2, 0) is 0 Å². The number of fused-ring (bicyclic) bond motifs is 5. The smallest absolute Gasteiger partial charge is 0.256 e. The monoisotopic (exact) mass is 364 g/mol.